The van der Waals surface area contributed by atoms with Crippen LogP contribution in [0, 0.1) is 12.7 Å². The van der Waals surface area contributed by atoms with Gasteiger partial charge in [0, 0.05) is 30.6 Å². The summed E-state index contributed by atoms with van der Waals surface area (Å²) in [6.45, 7) is 2.43. The molecule has 0 spiro atoms. The van der Waals surface area contributed by atoms with Crippen LogP contribution in [0.2, 0.25) is 0 Å². The molecule has 6 heteroatoms. The molecule has 0 atom stereocenters. The summed E-state index contributed by atoms with van der Waals surface area (Å²) in [6.07, 6.45) is 2.58. The summed E-state index contributed by atoms with van der Waals surface area (Å²) in [4.78, 5) is 8.44. The fraction of sp³-hybridized carbons (Fsp3) is 0.231. The Hall–Kier alpha value is -1.95. The lowest BCUT2D eigenvalue weighted by Crippen LogP contribution is -2.05. The van der Waals surface area contributed by atoms with Crippen molar-refractivity contribution in [1.82, 2.24) is 14.5 Å². The smallest absolute Gasteiger partial charge is 0.201 e. The van der Waals surface area contributed by atoms with E-state index in [1.54, 1.807) is 30.5 Å². The van der Waals surface area contributed by atoms with Crippen molar-refractivity contribution in [1.29, 1.82) is 0 Å². The summed E-state index contributed by atoms with van der Waals surface area (Å²) < 4.78 is 15.4. The van der Waals surface area contributed by atoms with E-state index < -0.39 is 0 Å². The van der Waals surface area contributed by atoms with E-state index in [4.69, 9.17) is 5.73 Å². The van der Waals surface area contributed by atoms with Gasteiger partial charge in [0.25, 0.3) is 0 Å². The van der Waals surface area contributed by atoms with Gasteiger partial charge in [-0.15, -0.1) is 11.3 Å². The van der Waals surface area contributed by atoms with Gasteiger partial charge in [-0.2, -0.15) is 0 Å². The third kappa shape index (κ3) is 2.19. The van der Waals surface area contributed by atoms with Crippen molar-refractivity contribution < 1.29 is 4.39 Å². The maximum atomic E-state index is 13.5. The normalized spacial score (nSPS) is 11.3. The second-order valence-corrected chi connectivity index (χ2v) is 5.37. The molecule has 0 saturated carbocycles. The van der Waals surface area contributed by atoms with Crippen molar-refractivity contribution in [2.75, 3.05) is 5.73 Å². The minimum atomic E-state index is -0.253. The first-order valence-corrected chi connectivity index (χ1v) is 6.83. The number of rotatable bonds is 3. The number of hydrogen-bond acceptors (Lipinski definition) is 4. The van der Waals surface area contributed by atoms with E-state index in [0.717, 1.165) is 16.9 Å². The monoisotopic (exact) mass is 276 g/mol. The molecule has 0 amide bonds. The van der Waals surface area contributed by atoms with Gasteiger partial charge < -0.3 is 10.3 Å². The Morgan fingerprint density at radius 1 is 1.42 bits per heavy atom. The van der Waals surface area contributed by atoms with Gasteiger partial charge in [0.2, 0.25) is 5.95 Å². The highest BCUT2D eigenvalue weighted by Gasteiger charge is 2.11. The third-order valence-electron chi connectivity index (χ3n) is 3.09. The van der Waals surface area contributed by atoms with Gasteiger partial charge in [-0.25, -0.2) is 14.4 Å². The number of imidazole rings is 1. The molecule has 0 aliphatic carbocycles. The summed E-state index contributed by atoms with van der Waals surface area (Å²) in [5.41, 5.74) is 7.97. The third-order valence-corrected chi connectivity index (χ3v) is 3.93. The van der Waals surface area contributed by atoms with Crippen molar-refractivity contribution in [3.63, 3.8) is 0 Å². The number of aryl methyl sites for hydroxylation is 3. The molecule has 0 saturated heterocycles. The topological polar surface area (TPSA) is 56.7 Å². The first kappa shape index (κ1) is 12.1. The molecule has 2 aromatic heterocycles. The van der Waals surface area contributed by atoms with E-state index in [9.17, 15) is 4.39 Å². The number of thiazole rings is 1. The zero-order chi connectivity index (χ0) is 13.4. The summed E-state index contributed by atoms with van der Waals surface area (Å²) >= 11 is 1.62. The molecule has 4 nitrogen and oxygen atoms in total. The Morgan fingerprint density at radius 3 is 3.00 bits per heavy atom. The highest BCUT2D eigenvalue weighted by molar-refractivity contribution is 7.09. The van der Waals surface area contributed by atoms with Gasteiger partial charge in [-0.3, -0.25) is 0 Å². The van der Waals surface area contributed by atoms with Crippen molar-refractivity contribution in [2.24, 2.45) is 0 Å². The van der Waals surface area contributed by atoms with Gasteiger partial charge in [0.15, 0.2) is 0 Å². The van der Waals surface area contributed by atoms with E-state index in [0.29, 0.717) is 23.6 Å². The molecule has 2 heterocycles. The number of hydrogen-bond donors (Lipinski definition) is 1. The van der Waals surface area contributed by atoms with Crippen molar-refractivity contribution in [3.8, 4) is 0 Å². The Labute approximate surface area is 113 Å². The fourth-order valence-electron chi connectivity index (χ4n) is 2.09. The van der Waals surface area contributed by atoms with Crippen LogP contribution in [0.1, 0.15) is 10.6 Å². The van der Waals surface area contributed by atoms with Gasteiger partial charge in [0.1, 0.15) is 5.82 Å². The van der Waals surface area contributed by atoms with Crippen molar-refractivity contribution in [3.05, 3.63) is 40.1 Å². The van der Waals surface area contributed by atoms with Gasteiger partial charge in [-0.05, 0) is 18.6 Å². The van der Waals surface area contributed by atoms with Crippen molar-refractivity contribution >= 4 is 28.3 Å². The molecule has 1 aromatic carbocycles. The van der Waals surface area contributed by atoms with E-state index >= 15 is 0 Å². The second-order valence-electron chi connectivity index (χ2n) is 4.39. The molecule has 0 aliphatic rings. The predicted octanol–water partition coefficient (Wildman–Crippen LogP) is 2.77. The lowest BCUT2D eigenvalue weighted by molar-refractivity contribution is 0.620. The first-order chi connectivity index (χ1) is 9.15. The zero-order valence-corrected chi connectivity index (χ0v) is 11.2. The van der Waals surface area contributed by atoms with E-state index in [2.05, 4.69) is 9.97 Å². The average molecular weight is 276 g/mol. The van der Waals surface area contributed by atoms with Crippen LogP contribution in [-0.4, -0.2) is 14.5 Å². The molecule has 3 aromatic rings. The Balaban J connectivity index is 1.98. The number of nitrogens with zero attached hydrogens (tertiary/aromatic N) is 3. The van der Waals surface area contributed by atoms with Crippen molar-refractivity contribution in [2.45, 2.75) is 19.9 Å². The summed E-state index contributed by atoms with van der Waals surface area (Å²) in [5.74, 6) is 0.161. The van der Waals surface area contributed by atoms with Crippen LogP contribution in [0.25, 0.3) is 11.0 Å². The van der Waals surface area contributed by atoms with Crippen LogP contribution in [0.4, 0.5) is 10.3 Å². The number of benzene rings is 1. The highest BCUT2D eigenvalue weighted by Crippen LogP contribution is 2.22. The molecule has 2 N–H and O–H groups in total. The molecule has 0 unspecified atom stereocenters. The number of halogens is 1. The van der Waals surface area contributed by atoms with Crippen LogP contribution in [0.3, 0.4) is 0 Å². The second kappa shape index (κ2) is 4.62. The van der Waals surface area contributed by atoms with Gasteiger partial charge in [0.05, 0.1) is 16.0 Å². The number of nitrogen functional groups attached to an aromatic ring is 1. The van der Waals surface area contributed by atoms with Crippen LogP contribution >= 0.6 is 11.3 Å². The minimum Gasteiger partial charge on any atom is -0.369 e. The van der Waals surface area contributed by atoms with Crippen LogP contribution in [-0.2, 0) is 13.0 Å². The quantitative estimate of drug-likeness (QED) is 0.800. The number of fused-ring (bicyclic) bond motifs is 1. The number of anilines is 1. The van der Waals surface area contributed by atoms with E-state index in [1.807, 2.05) is 9.95 Å². The fourth-order valence-corrected chi connectivity index (χ4v) is 2.70. The van der Waals surface area contributed by atoms with Crippen LogP contribution < -0.4 is 5.73 Å². The number of aromatic nitrogens is 3. The summed E-state index contributed by atoms with van der Waals surface area (Å²) in [5, 5.41) is 3.00. The Morgan fingerprint density at radius 2 is 2.26 bits per heavy atom. The molecule has 98 valence electrons. The lowest BCUT2D eigenvalue weighted by atomic mass is 10.2. The Kier molecular flexibility index (Phi) is 2.94. The van der Waals surface area contributed by atoms with Crippen LogP contribution in [0.5, 0.6) is 0 Å². The Bertz CT molecular complexity index is 718. The SMILES string of the molecule is Cc1cc2c(cc1F)nc(N)n2CCc1nccs1. The molecule has 0 radical (unpaired) electrons. The van der Waals surface area contributed by atoms with Gasteiger partial charge >= 0.3 is 0 Å². The van der Waals surface area contributed by atoms with Gasteiger partial charge in [-0.1, -0.05) is 0 Å². The molecular formula is C13H13FN4S. The molecule has 0 aliphatic heterocycles. The molecule has 0 bridgehead atoms. The average Bonchev–Trinajstić information content (AvgIpc) is 2.96. The van der Waals surface area contributed by atoms with E-state index in [-0.39, 0.29) is 5.82 Å². The summed E-state index contributed by atoms with van der Waals surface area (Å²) in [6, 6.07) is 3.22. The van der Waals surface area contributed by atoms with Crippen LogP contribution in [0.15, 0.2) is 23.7 Å². The maximum Gasteiger partial charge on any atom is 0.201 e. The summed E-state index contributed by atoms with van der Waals surface area (Å²) in [7, 11) is 0. The molecule has 3 rings (SSSR count). The first-order valence-electron chi connectivity index (χ1n) is 5.95. The maximum absolute atomic E-state index is 13.5. The largest absolute Gasteiger partial charge is 0.369 e. The lowest BCUT2D eigenvalue weighted by Gasteiger charge is -2.05. The molecule has 0 fully saturated rings. The number of nitrogens with two attached hydrogens (primary N) is 1. The molecule has 19 heavy (non-hydrogen) atoms. The predicted molar refractivity (Wildman–Crippen MR) is 74.7 cm³/mol. The standard InChI is InChI=1S/C13H13FN4S/c1-8-6-11-10(7-9(8)14)17-13(15)18(11)4-2-12-16-3-5-19-12/h3,5-7H,2,4H2,1H3,(H2,15,17). The minimum absolute atomic E-state index is 0.253. The highest BCUT2D eigenvalue weighted by atomic mass is 32.1. The van der Waals surface area contributed by atoms with E-state index in [1.165, 1.54) is 6.07 Å². The zero-order valence-electron chi connectivity index (χ0n) is 10.4. The molecular weight excluding hydrogens is 263 g/mol.